The molecule has 120 valence electrons. The van der Waals surface area contributed by atoms with Gasteiger partial charge in [-0.1, -0.05) is 62.1 Å². The van der Waals surface area contributed by atoms with Crippen molar-refractivity contribution in [2.45, 2.75) is 13.8 Å². The van der Waals surface area contributed by atoms with E-state index in [0.717, 1.165) is 11.1 Å². The maximum atomic E-state index is 14.2. The minimum absolute atomic E-state index is 0.198. The zero-order chi connectivity index (χ0) is 17.4. The zero-order valence-electron chi connectivity index (χ0n) is 13.8. The molecule has 0 spiro atoms. The van der Waals surface area contributed by atoms with Crippen molar-refractivity contribution in [3.63, 3.8) is 0 Å². The molecule has 0 aliphatic rings. The molecule has 0 unspecified atom stereocenters. The number of hydrogen-bond acceptors (Lipinski definition) is 1. The van der Waals surface area contributed by atoms with Crippen molar-refractivity contribution in [2.24, 2.45) is 0 Å². The predicted molar refractivity (Wildman–Crippen MR) is 97.3 cm³/mol. The van der Waals surface area contributed by atoms with Crippen LogP contribution >= 0.6 is 0 Å². The molecule has 3 rings (SSSR count). The normalized spacial score (nSPS) is 9.29. The maximum absolute atomic E-state index is 14.2. The first kappa shape index (κ1) is 17.3. The number of benzene rings is 3. The van der Waals surface area contributed by atoms with E-state index in [-0.39, 0.29) is 11.6 Å². The lowest BCUT2D eigenvalue weighted by Gasteiger charge is -2.03. The first-order chi connectivity index (χ1) is 11.7. The predicted octanol–water partition coefficient (Wildman–Crippen LogP) is 5.62. The van der Waals surface area contributed by atoms with E-state index in [0.29, 0.717) is 11.1 Å². The van der Waals surface area contributed by atoms with Gasteiger partial charge in [-0.25, -0.2) is 4.39 Å². The topological polar surface area (TPSA) is 20.2 Å². The van der Waals surface area contributed by atoms with Crippen molar-refractivity contribution in [3.8, 4) is 28.7 Å². The molecule has 1 N–H and O–H groups in total. The Labute approximate surface area is 142 Å². The second kappa shape index (κ2) is 8.55. The summed E-state index contributed by atoms with van der Waals surface area (Å²) in [7, 11) is 0. The fourth-order valence-corrected chi connectivity index (χ4v) is 2.13. The molecule has 24 heavy (non-hydrogen) atoms. The van der Waals surface area contributed by atoms with Crippen LogP contribution in [-0.2, 0) is 0 Å². The fraction of sp³-hybridized carbons (Fsp3) is 0.0909. The number of hydrogen-bond donors (Lipinski definition) is 1. The summed E-state index contributed by atoms with van der Waals surface area (Å²) in [5.41, 5.74) is 2.80. The summed E-state index contributed by atoms with van der Waals surface area (Å²) in [6.07, 6.45) is 0. The molecule has 0 amide bonds. The quantitative estimate of drug-likeness (QED) is 0.577. The Bertz CT molecular complexity index is 841. The van der Waals surface area contributed by atoms with E-state index in [4.69, 9.17) is 0 Å². The molecular formula is C22H19FO. The van der Waals surface area contributed by atoms with Crippen molar-refractivity contribution in [1.82, 2.24) is 0 Å². The van der Waals surface area contributed by atoms with Crippen LogP contribution < -0.4 is 0 Å². The van der Waals surface area contributed by atoms with Crippen LogP contribution in [0.4, 0.5) is 4.39 Å². The molecule has 0 saturated heterocycles. The average molecular weight is 318 g/mol. The minimum Gasteiger partial charge on any atom is -0.508 e. The van der Waals surface area contributed by atoms with Gasteiger partial charge < -0.3 is 5.11 Å². The number of aromatic hydroxyl groups is 1. The van der Waals surface area contributed by atoms with Crippen LogP contribution in [0.5, 0.6) is 5.75 Å². The monoisotopic (exact) mass is 318 g/mol. The highest BCUT2D eigenvalue weighted by Gasteiger charge is 2.04. The van der Waals surface area contributed by atoms with E-state index in [1.165, 1.54) is 6.07 Å². The van der Waals surface area contributed by atoms with Crippen molar-refractivity contribution in [2.75, 3.05) is 0 Å². The van der Waals surface area contributed by atoms with Gasteiger partial charge in [-0.15, -0.1) is 0 Å². The largest absolute Gasteiger partial charge is 0.508 e. The highest BCUT2D eigenvalue weighted by molar-refractivity contribution is 5.65. The van der Waals surface area contributed by atoms with Gasteiger partial charge in [0.1, 0.15) is 11.6 Å². The summed E-state index contributed by atoms with van der Waals surface area (Å²) in [4.78, 5) is 0. The Kier molecular flexibility index (Phi) is 6.16. The summed E-state index contributed by atoms with van der Waals surface area (Å²) in [5, 5.41) is 9.22. The standard InChI is InChI=1S/C20H13FO.C2H6/c21-20-14-16(7-6-15-8-11-18(22)12-9-15)10-13-19(20)17-4-2-1-3-5-17;1-2/h1-5,8-14,22H;1-2H3. The van der Waals surface area contributed by atoms with Crippen LogP contribution in [0.2, 0.25) is 0 Å². The smallest absolute Gasteiger partial charge is 0.132 e. The summed E-state index contributed by atoms with van der Waals surface area (Å²) in [5.74, 6) is 5.78. The number of phenolic OH excluding ortho intramolecular Hbond substituents is 1. The number of rotatable bonds is 1. The van der Waals surface area contributed by atoms with Crippen LogP contribution in [0.25, 0.3) is 11.1 Å². The molecule has 2 heteroatoms. The highest BCUT2D eigenvalue weighted by Crippen LogP contribution is 2.23. The minimum atomic E-state index is -0.288. The fourth-order valence-electron chi connectivity index (χ4n) is 2.13. The van der Waals surface area contributed by atoms with Gasteiger partial charge >= 0.3 is 0 Å². The van der Waals surface area contributed by atoms with E-state index in [2.05, 4.69) is 11.8 Å². The van der Waals surface area contributed by atoms with Gasteiger partial charge in [-0.3, -0.25) is 0 Å². The van der Waals surface area contributed by atoms with E-state index in [9.17, 15) is 9.50 Å². The average Bonchev–Trinajstić information content (AvgIpc) is 2.64. The summed E-state index contributed by atoms with van der Waals surface area (Å²) < 4.78 is 14.2. The molecule has 1 nitrogen and oxygen atoms in total. The lowest BCUT2D eigenvalue weighted by molar-refractivity contribution is 0.475. The summed E-state index contributed by atoms with van der Waals surface area (Å²) in [6.45, 7) is 4.00. The molecular weight excluding hydrogens is 299 g/mol. The third kappa shape index (κ3) is 4.47. The summed E-state index contributed by atoms with van der Waals surface area (Å²) >= 11 is 0. The zero-order valence-corrected chi connectivity index (χ0v) is 13.8. The maximum Gasteiger partial charge on any atom is 0.132 e. The third-order valence-corrected chi connectivity index (χ3v) is 3.27. The molecule has 0 fully saturated rings. The number of phenols is 1. The van der Waals surface area contributed by atoms with Gasteiger partial charge in [-0.05, 0) is 42.0 Å². The van der Waals surface area contributed by atoms with E-state index >= 15 is 0 Å². The van der Waals surface area contributed by atoms with Crippen molar-refractivity contribution < 1.29 is 9.50 Å². The van der Waals surface area contributed by atoms with Crippen LogP contribution in [0, 0.1) is 17.7 Å². The molecule has 0 heterocycles. The van der Waals surface area contributed by atoms with Crippen LogP contribution in [-0.4, -0.2) is 5.11 Å². The van der Waals surface area contributed by atoms with Crippen molar-refractivity contribution in [3.05, 3.63) is 89.7 Å². The second-order valence-electron chi connectivity index (χ2n) is 4.86. The molecule has 0 radical (unpaired) electrons. The van der Waals surface area contributed by atoms with Crippen LogP contribution in [0.1, 0.15) is 25.0 Å². The van der Waals surface area contributed by atoms with Gasteiger partial charge in [0, 0.05) is 16.7 Å². The first-order valence-corrected chi connectivity index (χ1v) is 7.88. The molecule has 3 aromatic rings. The molecule has 0 bridgehead atoms. The van der Waals surface area contributed by atoms with Gasteiger partial charge in [0.2, 0.25) is 0 Å². The Hall–Kier alpha value is -3.05. The van der Waals surface area contributed by atoms with Gasteiger partial charge in [-0.2, -0.15) is 0 Å². The Balaban J connectivity index is 0.00000100. The molecule has 0 atom stereocenters. The number of halogens is 1. The molecule has 0 aliphatic carbocycles. The Morgan fingerprint density at radius 1 is 0.750 bits per heavy atom. The van der Waals surface area contributed by atoms with Crippen LogP contribution in [0.15, 0.2) is 72.8 Å². The highest BCUT2D eigenvalue weighted by atomic mass is 19.1. The second-order valence-corrected chi connectivity index (χ2v) is 4.86. The molecule has 3 aromatic carbocycles. The SMILES string of the molecule is CC.Oc1ccc(C#Cc2ccc(-c3ccccc3)c(F)c2)cc1. The lowest BCUT2D eigenvalue weighted by atomic mass is 10.0. The Morgan fingerprint density at radius 2 is 1.33 bits per heavy atom. The molecule has 0 aromatic heterocycles. The van der Waals surface area contributed by atoms with Gasteiger partial charge in [0.15, 0.2) is 0 Å². The van der Waals surface area contributed by atoms with E-state index < -0.39 is 0 Å². The molecule has 0 saturated carbocycles. The first-order valence-electron chi connectivity index (χ1n) is 7.88. The van der Waals surface area contributed by atoms with E-state index in [1.54, 1.807) is 36.4 Å². The lowest BCUT2D eigenvalue weighted by Crippen LogP contribution is -1.86. The summed E-state index contributed by atoms with van der Waals surface area (Å²) in [6, 6.07) is 21.0. The van der Waals surface area contributed by atoms with Crippen molar-refractivity contribution >= 4 is 0 Å². The molecule has 0 aliphatic heterocycles. The van der Waals surface area contributed by atoms with E-state index in [1.807, 2.05) is 44.2 Å². The van der Waals surface area contributed by atoms with Gasteiger partial charge in [0.25, 0.3) is 0 Å². The Morgan fingerprint density at radius 3 is 1.96 bits per heavy atom. The van der Waals surface area contributed by atoms with Gasteiger partial charge in [0.05, 0.1) is 0 Å². The van der Waals surface area contributed by atoms with Crippen LogP contribution in [0.3, 0.4) is 0 Å². The van der Waals surface area contributed by atoms with Crippen molar-refractivity contribution in [1.29, 1.82) is 0 Å². The third-order valence-electron chi connectivity index (χ3n) is 3.27.